The molecule has 0 fully saturated rings. The highest BCUT2D eigenvalue weighted by atomic mass is 14.2. The molecule has 0 heteroatoms. The second-order valence-corrected chi connectivity index (χ2v) is 11.9. The smallest absolute Gasteiger partial charge is 0.0243 e. The van der Waals surface area contributed by atoms with E-state index in [-0.39, 0.29) is 0 Å². The number of hydrogen-bond donors (Lipinski definition) is 0. The first-order chi connectivity index (χ1) is 23.6. The van der Waals surface area contributed by atoms with E-state index in [1.807, 2.05) is 48.5 Å². The lowest BCUT2D eigenvalue weighted by Gasteiger charge is -2.21. The minimum atomic E-state index is 0.850. The molecule has 0 unspecified atom stereocenters. The van der Waals surface area contributed by atoms with Crippen molar-refractivity contribution in [3.05, 3.63) is 156 Å². The van der Waals surface area contributed by atoms with Gasteiger partial charge in [0.2, 0.25) is 0 Å². The summed E-state index contributed by atoms with van der Waals surface area (Å²) in [5, 5.41) is 7.12. The first kappa shape index (κ1) is 28.5. The van der Waals surface area contributed by atoms with E-state index in [1.165, 1.54) is 32.3 Å². The molecule has 0 bridgehead atoms. The van der Waals surface area contributed by atoms with Crippen molar-refractivity contribution in [2.75, 3.05) is 0 Å². The lowest BCUT2D eigenvalue weighted by atomic mass is 9.82. The Morgan fingerprint density at radius 1 is 0.271 bits per heavy atom. The van der Waals surface area contributed by atoms with Crippen LogP contribution in [0.25, 0.3) is 76.8 Å². The van der Waals surface area contributed by atoms with Crippen molar-refractivity contribution in [3.8, 4) is 93.9 Å². The van der Waals surface area contributed by atoms with Gasteiger partial charge in [-0.3, -0.25) is 0 Å². The molecule has 0 aliphatic carbocycles. The molecule has 0 saturated heterocycles. The van der Waals surface area contributed by atoms with Gasteiger partial charge in [-0.25, -0.2) is 0 Å². The summed E-state index contributed by atoms with van der Waals surface area (Å²) in [6.45, 7) is 0. The van der Waals surface area contributed by atoms with Gasteiger partial charge in [-0.1, -0.05) is 96.5 Å². The van der Waals surface area contributed by atoms with Crippen molar-refractivity contribution in [1.29, 1.82) is 0 Å². The van der Waals surface area contributed by atoms with Crippen molar-refractivity contribution in [2.24, 2.45) is 0 Å². The molecular formula is C48H26. The van der Waals surface area contributed by atoms with Crippen molar-refractivity contribution < 1.29 is 0 Å². The maximum Gasteiger partial charge on any atom is 0.0243 e. The predicted octanol–water partition coefficient (Wildman–Crippen LogP) is 11.2. The Morgan fingerprint density at radius 3 is 0.667 bits per heavy atom. The highest BCUT2D eigenvalue weighted by Gasteiger charge is 2.21. The molecule has 0 amide bonds. The lowest BCUT2D eigenvalue weighted by molar-refractivity contribution is 1.59. The molecule has 0 aliphatic rings. The molecule has 8 aromatic carbocycles. The van der Waals surface area contributed by atoms with Gasteiger partial charge < -0.3 is 0 Å². The normalized spacial score (nSPS) is 10.8. The lowest BCUT2D eigenvalue weighted by Crippen LogP contribution is -1.94. The highest BCUT2D eigenvalue weighted by molar-refractivity contribution is 6.31. The molecule has 0 atom stereocenters. The summed E-state index contributed by atoms with van der Waals surface area (Å²) in [5.74, 6) is 11.0. The standard InChI is InChI=1S/C48H26/c1-5-31-9-17-35(18-10-31)43-29-44(36-19-11-32(6-2)12-20-36)40-27-28-42-46(38-23-15-34(8-4)16-24-38)30-45(37-21-13-33(7-3)14-22-37)41-26-25-39(43)47(40)48(41)42/h1-4,9-30H. The van der Waals surface area contributed by atoms with Gasteiger partial charge in [0.25, 0.3) is 0 Å². The van der Waals surface area contributed by atoms with Gasteiger partial charge in [-0.15, -0.1) is 25.7 Å². The van der Waals surface area contributed by atoms with Gasteiger partial charge in [0, 0.05) is 22.3 Å². The van der Waals surface area contributed by atoms with E-state index in [0.717, 1.165) is 66.8 Å². The molecule has 218 valence electrons. The Labute approximate surface area is 281 Å². The Morgan fingerprint density at radius 2 is 0.479 bits per heavy atom. The molecule has 0 spiro atoms. The second-order valence-electron chi connectivity index (χ2n) is 11.9. The van der Waals surface area contributed by atoms with Gasteiger partial charge >= 0.3 is 0 Å². The van der Waals surface area contributed by atoms with Crippen LogP contribution in [0.2, 0.25) is 0 Å². The van der Waals surface area contributed by atoms with Crippen molar-refractivity contribution in [3.63, 3.8) is 0 Å². The van der Waals surface area contributed by atoms with Gasteiger partial charge in [-0.05, 0) is 137 Å². The van der Waals surface area contributed by atoms with Crippen LogP contribution in [-0.2, 0) is 0 Å². The number of terminal acetylenes is 4. The Bertz CT molecular complexity index is 2320. The minimum Gasteiger partial charge on any atom is -0.115 e. The van der Waals surface area contributed by atoms with Crippen LogP contribution in [0.5, 0.6) is 0 Å². The molecule has 0 heterocycles. The summed E-state index contributed by atoms with van der Waals surface area (Å²) in [6, 6.07) is 46.6. The molecule has 0 saturated carbocycles. The topological polar surface area (TPSA) is 0 Å². The summed E-state index contributed by atoms with van der Waals surface area (Å²) in [4.78, 5) is 0. The SMILES string of the molecule is C#Cc1ccc(-c2cc(-c3ccc(C#C)cc3)c3ccc4c(-c5ccc(C#C)cc5)cc(-c5ccc(C#C)cc5)c5ccc2c3c54)cc1. The van der Waals surface area contributed by atoms with Crippen LogP contribution in [0.15, 0.2) is 133 Å². The van der Waals surface area contributed by atoms with Crippen LogP contribution in [0, 0.1) is 49.4 Å². The first-order valence-corrected chi connectivity index (χ1v) is 15.7. The minimum absolute atomic E-state index is 0.850. The van der Waals surface area contributed by atoms with Gasteiger partial charge in [0.05, 0.1) is 0 Å². The fourth-order valence-electron chi connectivity index (χ4n) is 6.93. The fraction of sp³-hybridized carbons (Fsp3) is 0. The van der Waals surface area contributed by atoms with E-state index in [0.29, 0.717) is 0 Å². The molecule has 0 aromatic heterocycles. The zero-order valence-corrected chi connectivity index (χ0v) is 26.0. The van der Waals surface area contributed by atoms with Gasteiger partial charge in [0.1, 0.15) is 0 Å². The Balaban J connectivity index is 1.53. The molecule has 48 heavy (non-hydrogen) atoms. The Kier molecular flexibility index (Phi) is 6.79. The van der Waals surface area contributed by atoms with Crippen LogP contribution in [-0.4, -0.2) is 0 Å². The number of rotatable bonds is 4. The third kappa shape index (κ3) is 4.58. The summed E-state index contributed by atoms with van der Waals surface area (Å²) < 4.78 is 0. The zero-order chi connectivity index (χ0) is 32.8. The van der Waals surface area contributed by atoms with Gasteiger partial charge in [-0.2, -0.15) is 0 Å². The third-order valence-electron chi connectivity index (χ3n) is 9.35. The Hall–Kier alpha value is -6.96. The van der Waals surface area contributed by atoms with E-state index in [2.05, 4.69) is 109 Å². The first-order valence-electron chi connectivity index (χ1n) is 15.7. The summed E-state index contributed by atoms with van der Waals surface area (Å²) in [7, 11) is 0. The molecule has 0 N–H and O–H groups in total. The summed E-state index contributed by atoms with van der Waals surface area (Å²) >= 11 is 0. The fourth-order valence-corrected chi connectivity index (χ4v) is 6.93. The number of benzene rings is 8. The van der Waals surface area contributed by atoms with Crippen molar-refractivity contribution in [2.45, 2.75) is 0 Å². The maximum atomic E-state index is 5.72. The van der Waals surface area contributed by atoms with Crippen molar-refractivity contribution in [1.82, 2.24) is 0 Å². The van der Waals surface area contributed by atoms with Crippen LogP contribution in [0.1, 0.15) is 22.3 Å². The predicted molar refractivity (Wildman–Crippen MR) is 204 cm³/mol. The van der Waals surface area contributed by atoms with E-state index in [1.54, 1.807) is 0 Å². The number of hydrogen-bond acceptors (Lipinski definition) is 0. The van der Waals surface area contributed by atoms with Crippen LogP contribution >= 0.6 is 0 Å². The average molecular weight is 603 g/mol. The van der Waals surface area contributed by atoms with Crippen LogP contribution in [0.4, 0.5) is 0 Å². The molecule has 0 aliphatic heterocycles. The van der Waals surface area contributed by atoms with E-state index < -0.39 is 0 Å². The second kappa shape index (κ2) is 11.4. The molecular weight excluding hydrogens is 577 g/mol. The van der Waals surface area contributed by atoms with Crippen molar-refractivity contribution >= 4 is 32.3 Å². The summed E-state index contributed by atoms with van der Waals surface area (Å²) in [6.07, 6.45) is 22.9. The third-order valence-corrected chi connectivity index (χ3v) is 9.35. The largest absolute Gasteiger partial charge is 0.115 e. The van der Waals surface area contributed by atoms with E-state index in [4.69, 9.17) is 25.7 Å². The maximum absolute atomic E-state index is 5.72. The average Bonchev–Trinajstić information content (AvgIpc) is 3.16. The molecule has 0 radical (unpaired) electrons. The molecule has 8 aromatic rings. The molecule has 8 rings (SSSR count). The van der Waals surface area contributed by atoms with Crippen LogP contribution in [0.3, 0.4) is 0 Å². The van der Waals surface area contributed by atoms with Gasteiger partial charge in [0.15, 0.2) is 0 Å². The van der Waals surface area contributed by atoms with E-state index in [9.17, 15) is 0 Å². The molecule has 0 nitrogen and oxygen atoms in total. The quantitative estimate of drug-likeness (QED) is 0.139. The summed E-state index contributed by atoms with van der Waals surface area (Å²) in [5.41, 5.74) is 12.4. The van der Waals surface area contributed by atoms with Crippen LogP contribution < -0.4 is 0 Å². The van der Waals surface area contributed by atoms with E-state index >= 15 is 0 Å². The monoisotopic (exact) mass is 602 g/mol. The highest BCUT2D eigenvalue weighted by Crippen LogP contribution is 2.48. The zero-order valence-electron chi connectivity index (χ0n) is 26.0.